The van der Waals surface area contributed by atoms with Crippen molar-refractivity contribution in [1.29, 1.82) is 0 Å². The molecule has 0 bridgehead atoms. The average Bonchev–Trinajstić information content (AvgIpc) is 3.06. The number of hydrogen-bond donors (Lipinski definition) is 2. The summed E-state index contributed by atoms with van der Waals surface area (Å²) in [7, 11) is 0. The van der Waals surface area contributed by atoms with Gasteiger partial charge in [-0.15, -0.1) is 0 Å². The van der Waals surface area contributed by atoms with Crippen LogP contribution >= 0.6 is 0 Å². The summed E-state index contributed by atoms with van der Waals surface area (Å²) in [4.78, 5) is 23.2. The number of ether oxygens (including phenoxy) is 1. The van der Waals surface area contributed by atoms with Gasteiger partial charge in [-0.2, -0.15) is 13.2 Å². The van der Waals surface area contributed by atoms with Crippen molar-refractivity contribution < 1.29 is 27.5 Å². The quantitative estimate of drug-likeness (QED) is 0.768. The second-order valence-corrected chi connectivity index (χ2v) is 5.52. The van der Waals surface area contributed by atoms with Crippen molar-refractivity contribution in [2.45, 2.75) is 62.9 Å². The molecule has 1 amide bonds. The first-order valence-corrected chi connectivity index (χ1v) is 7.19. The summed E-state index contributed by atoms with van der Waals surface area (Å²) < 4.78 is 41.4. The number of alkyl halides is 3. The van der Waals surface area contributed by atoms with E-state index < -0.39 is 30.2 Å². The van der Waals surface area contributed by atoms with Crippen molar-refractivity contribution in [3.05, 3.63) is 0 Å². The third-order valence-corrected chi connectivity index (χ3v) is 3.89. The number of carbonyl (C=O) groups excluding carboxylic acids is 2. The van der Waals surface area contributed by atoms with Gasteiger partial charge in [-0.3, -0.25) is 4.79 Å². The van der Waals surface area contributed by atoms with Crippen molar-refractivity contribution in [3.63, 3.8) is 0 Å². The molecule has 2 fully saturated rings. The summed E-state index contributed by atoms with van der Waals surface area (Å²) >= 11 is 0. The summed E-state index contributed by atoms with van der Waals surface area (Å²) in [5.41, 5.74) is 0. The van der Waals surface area contributed by atoms with Gasteiger partial charge in [0.15, 0.2) is 6.10 Å². The van der Waals surface area contributed by atoms with Crippen LogP contribution in [0.1, 0.15) is 38.5 Å². The number of amides is 1. The van der Waals surface area contributed by atoms with Crippen LogP contribution in [0.3, 0.4) is 0 Å². The minimum Gasteiger partial charge on any atom is -0.444 e. The third kappa shape index (κ3) is 4.33. The first-order valence-electron chi connectivity index (χ1n) is 7.19. The molecule has 2 N–H and O–H groups in total. The fourth-order valence-corrected chi connectivity index (χ4v) is 2.82. The molecule has 1 aliphatic carbocycles. The Labute approximate surface area is 120 Å². The fraction of sp³-hybridized carbons (Fsp3) is 0.846. The van der Waals surface area contributed by atoms with E-state index in [1.165, 1.54) is 0 Å². The van der Waals surface area contributed by atoms with E-state index in [4.69, 9.17) is 0 Å². The maximum atomic E-state index is 12.3. The molecule has 0 aromatic rings. The van der Waals surface area contributed by atoms with E-state index in [-0.39, 0.29) is 6.04 Å². The minimum atomic E-state index is -5.09. The summed E-state index contributed by atoms with van der Waals surface area (Å²) in [6, 6.07) is -0.594. The van der Waals surface area contributed by atoms with Crippen molar-refractivity contribution in [2.75, 3.05) is 6.54 Å². The predicted octanol–water partition coefficient (Wildman–Crippen LogP) is 1.27. The zero-order valence-electron chi connectivity index (χ0n) is 11.5. The van der Waals surface area contributed by atoms with Gasteiger partial charge in [-0.25, -0.2) is 4.79 Å². The van der Waals surface area contributed by atoms with Gasteiger partial charge < -0.3 is 15.4 Å². The molecule has 2 aliphatic rings. The van der Waals surface area contributed by atoms with Crippen LogP contribution in [0, 0.1) is 0 Å². The normalized spacial score (nSPS) is 24.8. The molecule has 0 spiro atoms. The van der Waals surface area contributed by atoms with Crippen molar-refractivity contribution in [1.82, 2.24) is 10.6 Å². The van der Waals surface area contributed by atoms with Gasteiger partial charge in [0, 0.05) is 6.04 Å². The Kier molecular flexibility index (Phi) is 5.08. The summed E-state index contributed by atoms with van der Waals surface area (Å²) in [6.45, 7) is 0.599. The Bertz CT molecular complexity index is 389. The lowest BCUT2D eigenvalue weighted by Crippen LogP contribution is -2.52. The van der Waals surface area contributed by atoms with E-state index in [9.17, 15) is 22.8 Å². The van der Waals surface area contributed by atoms with Crippen molar-refractivity contribution >= 4 is 11.9 Å². The Morgan fingerprint density at radius 3 is 2.33 bits per heavy atom. The van der Waals surface area contributed by atoms with Crippen LogP contribution in [0.4, 0.5) is 13.2 Å². The lowest BCUT2D eigenvalue weighted by Gasteiger charge is -2.25. The molecule has 2 unspecified atom stereocenters. The van der Waals surface area contributed by atoms with E-state index in [0.29, 0.717) is 13.0 Å². The number of halogens is 3. The van der Waals surface area contributed by atoms with Crippen LogP contribution < -0.4 is 10.6 Å². The van der Waals surface area contributed by atoms with Gasteiger partial charge in [0.2, 0.25) is 0 Å². The number of nitrogens with one attached hydrogen (secondary N) is 2. The number of rotatable bonds is 4. The van der Waals surface area contributed by atoms with Gasteiger partial charge in [-0.1, -0.05) is 12.8 Å². The first-order chi connectivity index (χ1) is 9.88. The Morgan fingerprint density at radius 2 is 1.81 bits per heavy atom. The molecule has 8 heteroatoms. The maximum absolute atomic E-state index is 12.3. The molecule has 1 heterocycles. The number of carbonyl (C=O) groups is 2. The monoisotopic (exact) mass is 308 g/mol. The van der Waals surface area contributed by atoms with Gasteiger partial charge in [0.1, 0.15) is 0 Å². The second-order valence-electron chi connectivity index (χ2n) is 5.52. The lowest BCUT2D eigenvalue weighted by molar-refractivity contribution is -0.206. The molecular weight excluding hydrogens is 289 g/mol. The Hall–Kier alpha value is -1.31. The maximum Gasteiger partial charge on any atom is 0.490 e. The molecular formula is C13H19F3N2O3. The molecule has 2 atom stereocenters. The van der Waals surface area contributed by atoms with E-state index in [1.54, 1.807) is 0 Å². The average molecular weight is 308 g/mol. The molecule has 120 valence electrons. The highest BCUT2D eigenvalue weighted by Crippen LogP contribution is 2.22. The molecule has 0 aromatic carbocycles. The summed E-state index contributed by atoms with van der Waals surface area (Å²) in [6.07, 6.45) is -1.69. The van der Waals surface area contributed by atoms with E-state index in [0.717, 1.165) is 32.1 Å². The molecule has 0 aromatic heterocycles. The van der Waals surface area contributed by atoms with Crippen LogP contribution in [0.15, 0.2) is 0 Å². The van der Waals surface area contributed by atoms with Gasteiger partial charge in [0.25, 0.3) is 5.91 Å². The van der Waals surface area contributed by atoms with Crippen LogP contribution in [0.25, 0.3) is 0 Å². The van der Waals surface area contributed by atoms with Crippen molar-refractivity contribution in [3.8, 4) is 0 Å². The molecule has 1 aliphatic heterocycles. The molecule has 1 saturated carbocycles. The molecule has 2 rings (SSSR count). The van der Waals surface area contributed by atoms with Crippen molar-refractivity contribution in [2.24, 2.45) is 0 Å². The highest BCUT2D eigenvalue weighted by atomic mass is 19.4. The van der Waals surface area contributed by atoms with Crippen LogP contribution in [-0.4, -0.2) is 42.8 Å². The lowest BCUT2D eigenvalue weighted by atomic mass is 10.1. The number of esters is 1. The Balaban J connectivity index is 2.00. The van der Waals surface area contributed by atoms with Gasteiger partial charge in [0.05, 0.1) is 6.04 Å². The van der Waals surface area contributed by atoms with E-state index in [1.807, 2.05) is 0 Å². The zero-order chi connectivity index (χ0) is 15.5. The van der Waals surface area contributed by atoms with Crippen LogP contribution in [-0.2, 0) is 14.3 Å². The second kappa shape index (κ2) is 6.64. The zero-order valence-corrected chi connectivity index (χ0v) is 11.5. The highest BCUT2D eigenvalue weighted by Gasteiger charge is 2.45. The fourth-order valence-electron chi connectivity index (χ4n) is 2.82. The number of hydrogen-bond acceptors (Lipinski definition) is 4. The molecule has 1 saturated heterocycles. The van der Waals surface area contributed by atoms with Gasteiger partial charge >= 0.3 is 12.1 Å². The van der Waals surface area contributed by atoms with Gasteiger partial charge in [-0.05, 0) is 32.2 Å². The van der Waals surface area contributed by atoms with E-state index >= 15 is 0 Å². The third-order valence-electron chi connectivity index (χ3n) is 3.89. The highest BCUT2D eigenvalue weighted by molar-refractivity contribution is 5.86. The predicted molar refractivity (Wildman–Crippen MR) is 67.4 cm³/mol. The summed E-state index contributed by atoms with van der Waals surface area (Å²) in [5, 5.41) is 5.60. The Morgan fingerprint density at radius 1 is 1.14 bits per heavy atom. The molecule has 5 nitrogen and oxygen atoms in total. The largest absolute Gasteiger partial charge is 0.490 e. The SMILES string of the molecule is O=C(NC1CCCC1)C(OC(=O)C(F)(F)F)C1CCCN1. The van der Waals surface area contributed by atoms with Crippen LogP contribution in [0.2, 0.25) is 0 Å². The topological polar surface area (TPSA) is 67.4 Å². The molecule has 21 heavy (non-hydrogen) atoms. The standard InChI is InChI=1S/C13H19F3N2O3/c14-13(15,16)12(20)21-10(9-6-3-7-17-9)11(19)18-8-4-1-2-5-8/h8-10,17H,1-7H2,(H,18,19). The van der Waals surface area contributed by atoms with Crippen LogP contribution in [0.5, 0.6) is 0 Å². The van der Waals surface area contributed by atoms with E-state index in [2.05, 4.69) is 15.4 Å². The molecule has 0 radical (unpaired) electrons. The minimum absolute atomic E-state index is 0.0361. The first kappa shape index (κ1) is 16.1. The summed E-state index contributed by atoms with van der Waals surface area (Å²) in [5.74, 6) is -2.96. The smallest absolute Gasteiger partial charge is 0.444 e.